The number of aromatic nitrogens is 1. The van der Waals surface area contributed by atoms with Gasteiger partial charge >= 0.3 is 5.91 Å². The SMILES string of the molecule is O=C(N/N=C/c1cc2ccccc2[nH]c1=O)c1ccco1. The summed E-state index contributed by atoms with van der Waals surface area (Å²) in [7, 11) is 0. The monoisotopic (exact) mass is 281 g/mol. The number of benzene rings is 1. The number of hydrazone groups is 1. The first kappa shape index (κ1) is 12.9. The van der Waals surface area contributed by atoms with E-state index in [-0.39, 0.29) is 11.3 Å². The fraction of sp³-hybridized carbons (Fsp3) is 0. The van der Waals surface area contributed by atoms with Crippen LogP contribution in [0, 0.1) is 0 Å². The van der Waals surface area contributed by atoms with E-state index in [1.165, 1.54) is 18.5 Å². The lowest BCUT2D eigenvalue weighted by Gasteiger charge is -1.99. The number of fused-ring (bicyclic) bond motifs is 1. The van der Waals surface area contributed by atoms with Crippen molar-refractivity contribution in [3.63, 3.8) is 0 Å². The Labute approximate surface area is 119 Å². The molecule has 0 fully saturated rings. The zero-order valence-corrected chi connectivity index (χ0v) is 10.9. The van der Waals surface area contributed by atoms with Crippen molar-refractivity contribution >= 4 is 23.0 Å². The van der Waals surface area contributed by atoms with Gasteiger partial charge in [0.1, 0.15) is 0 Å². The maximum absolute atomic E-state index is 11.9. The van der Waals surface area contributed by atoms with Crippen molar-refractivity contribution in [2.75, 3.05) is 0 Å². The molecule has 0 atom stereocenters. The molecule has 1 aromatic carbocycles. The van der Waals surface area contributed by atoms with Crippen LogP contribution < -0.4 is 11.0 Å². The first-order valence-corrected chi connectivity index (χ1v) is 6.23. The minimum atomic E-state index is -0.478. The quantitative estimate of drug-likeness (QED) is 0.567. The van der Waals surface area contributed by atoms with Crippen LogP contribution in [0.15, 0.2) is 63.0 Å². The van der Waals surface area contributed by atoms with Crippen molar-refractivity contribution in [2.24, 2.45) is 5.10 Å². The van der Waals surface area contributed by atoms with Gasteiger partial charge in [0, 0.05) is 5.52 Å². The van der Waals surface area contributed by atoms with Gasteiger partial charge in [0.2, 0.25) is 0 Å². The molecule has 3 rings (SSSR count). The van der Waals surface area contributed by atoms with Crippen molar-refractivity contribution in [3.8, 4) is 0 Å². The highest BCUT2D eigenvalue weighted by molar-refractivity contribution is 5.93. The van der Waals surface area contributed by atoms with Crippen molar-refractivity contribution in [3.05, 3.63) is 70.4 Å². The van der Waals surface area contributed by atoms with Gasteiger partial charge in [0.25, 0.3) is 5.56 Å². The summed E-state index contributed by atoms with van der Waals surface area (Å²) in [6, 6.07) is 12.2. The van der Waals surface area contributed by atoms with Crippen molar-refractivity contribution in [2.45, 2.75) is 0 Å². The predicted molar refractivity (Wildman–Crippen MR) is 78.3 cm³/mol. The summed E-state index contributed by atoms with van der Waals surface area (Å²) in [6.07, 6.45) is 2.69. The smallest absolute Gasteiger partial charge is 0.307 e. The summed E-state index contributed by atoms with van der Waals surface area (Å²) < 4.78 is 4.93. The molecule has 0 aliphatic carbocycles. The highest BCUT2D eigenvalue weighted by Crippen LogP contribution is 2.08. The number of nitrogens with zero attached hydrogens (tertiary/aromatic N) is 1. The number of amides is 1. The molecule has 0 saturated heterocycles. The van der Waals surface area contributed by atoms with Crippen LogP contribution in [0.4, 0.5) is 0 Å². The number of furan rings is 1. The summed E-state index contributed by atoms with van der Waals surface area (Å²) in [6.45, 7) is 0. The molecule has 2 aromatic heterocycles. The molecule has 21 heavy (non-hydrogen) atoms. The van der Waals surface area contributed by atoms with Crippen LogP contribution in [0.3, 0.4) is 0 Å². The van der Waals surface area contributed by atoms with Gasteiger partial charge in [-0.3, -0.25) is 9.59 Å². The van der Waals surface area contributed by atoms with E-state index in [2.05, 4.69) is 15.5 Å². The Bertz CT molecular complexity index is 863. The van der Waals surface area contributed by atoms with Crippen molar-refractivity contribution < 1.29 is 9.21 Å². The number of carbonyl (C=O) groups excluding carboxylic acids is 1. The normalized spacial score (nSPS) is 11.0. The summed E-state index contributed by atoms with van der Waals surface area (Å²) in [4.78, 5) is 26.2. The average molecular weight is 281 g/mol. The second kappa shape index (κ2) is 5.46. The van der Waals surface area contributed by atoms with Crippen LogP contribution >= 0.6 is 0 Å². The molecule has 2 heterocycles. The summed E-state index contributed by atoms with van der Waals surface area (Å²) in [5.74, 6) is -0.326. The Balaban J connectivity index is 1.81. The molecule has 3 aromatic rings. The van der Waals surface area contributed by atoms with Gasteiger partial charge in [-0.05, 0) is 29.7 Å². The predicted octanol–water partition coefficient (Wildman–Crippen LogP) is 1.88. The van der Waals surface area contributed by atoms with E-state index in [1.54, 1.807) is 12.1 Å². The lowest BCUT2D eigenvalue weighted by molar-refractivity contribution is 0.0927. The molecule has 2 N–H and O–H groups in total. The van der Waals surface area contributed by atoms with Crippen molar-refractivity contribution in [1.82, 2.24) is 10.4 Å². The second-order valence-corrected chi connectivity index (χ2v) is 4.32. The van der Waals surface area contributed by atoms with Crippen molar-refractivity contribution in [1.29, 1.82) is 0 Å². The third-order valence-electron chi connectivity index (χ3n) is 2.90. The highest BCUT2D eigenvalue weighted by Gasteiger charge is 2.06. The van der Waals surface area contributed by atoms with E-state index in [9.17, 15) is 9.59 Å². The number of carbonyl (C=O) groups is 1. The molecular weight excluding hydrogens is 270 g/mol. The van der Waals surface area contributed by atoms with E-state index in [4.69, 9.17) is 4.42 Å². The molecule has 0 spiro atoms. The Hall–Kier alpha value is -3.15. The minimum absolute atomic E-state index is 0.152. The molecular formula is C15H11N3O3. The highest BCUT2D eigenvalue weighted by atomic mass is 16.3. The zero-order chi connectivity index (χ0) is 14.7. The molecule has 0 saturated carbocycles. The standard InChI is InChI=1S/C15H11N3O3/c19-14-11(8-10-4-1-2-5-12(10)17-14)9-16-18-15(20)13-6-3-7-21-13/h1-9H,(H,17,19)(H,18,20)/b16-9+. The third-order valence-corrected chi connectivity index (χ3v) is 2.90. The van der Waals surface area contributed by atoms with Gasteiger partial charge in [0.05, 0.1) is 18.0 Å². The van der Waals surface area contributed by atoms with E-state index in [0.717, 1.165) is 10.9 Å². The zero-order valence-electron chi connectivity index (χ0n) is 10.9. The molecule has 0 unspecified atom stereocenters. The number of H-pyrrole nitrogens is 1. The van der Waals surface area contributed by atoms with Gasteiger partial charge in [-0.15, -0.1) is 0 Å². The van der Waals surface area contributed by atoms with Crippen LogP contribution in [-0.2, 0) is 0 Å². The van der Waals surface area contributed by atoms with Crippen LogP contribution in [0.1, 0.15) is 16.1 Å². The lowest BCUT2D eigenvalue weighted by Crippen LogP contribution is -2.18. The largest absolute Gasteiger partial charge is 0.459 e. The molecule has 0 radical (unpaired) electrons. The van der Waals surface area contributed by atoms with Gasteiger partial charge < -0.3 is 9.40 Å². The number of pyridine rings is 1. The topological polar surface area (TPSA) is 87.5 Å². The van der Waals surface area contributed by atoms with E-state index in [1.807, 2.05) is 24.3 Å². The number of para-hydroxylation sites is 1. The maximum atomic E-state index is 11.9. The number of hydrogen-bond acceptors (Lipinski definition) is 4. The van der Waals surface area contributed by atoms with Crippen LogP contribution in [0.5, 0.6) is 0 Å². The Kier molecular flexibility index (Phi) is 3.34. The van der Waals surface area contributed by atoms with Gasteiger partial charge in [-0.1, -0.05) is 18.2 Å². The molecule has 104 valence electrons. The van der Waals surface area contributed by atoms with E-state index < -0.39 is 5.91 Å². The maximum Gasteiger partial charge on any atom is 0.307 e. The Morgan fingerprint density at radius 3 is 2.90 bits per heavy atom. The van der Waals surface area contributed by atoms with Crippen LogP contribution in [0.2, 0.25) is 0 Å². The minimum Gasteiger partial charge on any atom is -0.459 e. The fourth-order valence-electron chi connectivity index (χ4n) is 1.88. The Morgan fingerprint density at radius 2 is 2.10 bits per heavy atom. The van der Waals surface area contributed by atoms with E-state index in [0.29, 0.717) is 5.56 Å². The molecule has 6 nitrogen and oxygen atoms in total. The first-order valence-electron chi connectivity index (χ1n) is 6.23. The average Bonchev–Trinajstić information content (AvgIpc) is 3.02. The summed E-state index contributed by atoms with van der Waals surface area (Å²) in [5.41, 5.74) is 3.12. The number of nitrogens with one attached hydrogen (secondary N) is 2. The molecule has 0 aliphatic rings. The van der Waals surface area contributed by atoms with Gasteiger partial charge in [-0.2, -0.15) is 5.10 Å². The summed E-state index contributed by atoms with van der Waals surface area (Å²) in [5, 5.41) is 4.65. The third kappa shape index (κ3) is 2.74. The second-order valence-electron chi connectivity index (χ2n) is 4.32. The molecule has 0 bridgehead atoms. The fourth-order valence-corrected chi connectivity index (χ4v) is 1.88. The number of hydrogen-bond donors (Lipinski definition) is 2. The van der Waals surface area contributed by atoms with Crippen LogP contribution in [-0.4, -0.2) is 17.1 Å². The number of rotatable bonds is 3. The molecule has 0 aliphatic heterocycles. The molecule has 1 amide bonds. The Morgan fingerprint density at radius 1 is 1.24 bits per heavy atom. The van der Waals surface area contributed by atoms with Gasteiger partial charge in [-0.25, -0.2) is 5.43 Å². The van der Waals surface area contributed by atoms with Crippen LogP contribution in [0.25, 0.3) is 10.9 Å². The first-order chi connectivity index (χ1) is 10.2. The van der Waals surface area contributed by atoms with Gasteiger partial charge in [0.15, 0.2) is 5.76 Å². The van der Waals surface area contributed by atoms with E-state index >= 15 is 0 Å². The lowest BCUT2D eigenvalue weighted by atomic mass is 10.2. The summed E-state index contributed by atoms with van der Waals surface area (Å²) >= 11 is 0. The molecule has 6 heteroatoms. The number of aromatic amines is 1.